The van der Waals surface area contributed by atoms with Gasteiger partial charge in [0.2, 0.25) is 0 Å². The second-order valence-electron chi connectivity index (χ2n) is 5.38. The van der Waals surface area contributed by atoms with E-state index in [0.29, 0.717) is 6.61 Å². The van der Waals surface area contributed by atoms with Gasteiger partial charge in [-0.3, -0.25) is 0 Å². The Kier molecular flexibility index (Phi) is 4.30. The van der Waals surface area contributed by atoms with E-state index in [-0.39, 0.29) is 0 Å². The average molecular weight is 304 g/mol. The third-order valence-electron chi connectivity index (χ3n) is 3.92. The van der Waals surface area contributed by atoms with Gasteiger partial charge in [0.15, 0.2) is 12.4 Å². The molecule has 21 heavy (non-hydrogen) atoms. The van der Waals surface area contributed by atoms with E-state index < -0.39 is 0 Å². The Morgan fingerprint density at radius 2 is 1.95 bits per heavy atom. The van der Waals surface area contributed by atoms with Crippen LogP contribution < -0.4 is 9.47 Å². The molecule has 0 unspecified atom stereocenters. The van der Waals surface area contributed by atoms with E-state index in [1.54, 1.807) is 12.3 Å². The molecule has 0 radical (unpaired) electrons. The number of aromatic nitrogens is 1. The summed E-state index contributed by atoms with van der Waals surface area (Å²) in [6, 6.07) is 7.59. The van der Waals surface area contributed by atoms with E-state index in [9.17, 15) is 5.21 Å². The molecule has 0 aliphatic heterocycles. The van der Waals surface area contributed by atoms with E-state index in [4.69, 9.17) is 16.3 Å². The van der Waals surface area contributed by atoms with Gasteiger partial charge in [-0.05, 0) is 55.0 Å². The lowest BCUT2D eigenvalue weighted by Crippen LogP contribution is -2.25. The first-order chi connectivity index (χ1) is 10.2. The van der Waals surface area contributed by atoms with E-state index >= 15 is 0 Å². The van der Waals surface area contributed by atoms with Gasteiger partial charge in [-0.15, -0.1) is 0 Å². The normalized spacial score (nSPS) is 13.8. The van der Waals surface area contributed by atoms with Gasteiger partial charge in [0.05, 0.1) is 6.61 Å². The van der Waals surface area contributed by atoms with Crippen molar-refractivity contribution in [2.45, 2.75) is 32.1 Å². The molecule has 3 nitrogen and oxygen atoms in total. The van der Waals surface area contributed by atoms with Crippen LogP contribution in [0.5, 0.6) is 5.75 Å². The number of hydrogen-bond acceptors (Lipinski definition) is 2. The number of halogens is 1. The van der Waals surface area contributed by atoms with Gasteiger partial charge in [0.1, 0.15) is 5.75 Å². The number of ether oxygens (including phenoxy) is 1. The van der Waals surface area contributed by atoms with Crippen LogP contribution in [0.15, 0.2) is 36.7 Å². The molecule has 0 amide bonds. The maximum Gasteiger partial charge on any atom is 0.183 e. The minimum Gasteiger partial charge on any atom is -0.619 e. The summed E-state index contributed by atoms with van der Waals surface area (Å²) >= 11 is 6.27. The Labute approximate surface area is 129 Å². The van der Waals surface area contributed by atoms with Crippen molar-refractivity contribution < 1.29 is 9.47 Å². The van der Waals surface area contributed by atoms with Crippen molar-refractivity contribution in [1.29, 1.82) is 0 Å². The van der Waals surface area contributed by atoms with Gasteiger partial charge in [-0.25, -0.2) is 0 Å². The molecular formula is C17H18ClNO2. The number of fused-ring (bicyclic) bond motifs is 1. The minimum atomic E-state index is 0.568. The minimum absolute atomic E-state index is 0.568. The van der Waals surface area contributed by atoms with Crippen LogP contribution in [0.25, 0.3) is 0 Å². The Balaban J connectivity index is 1.68. The summed E-state index contributed by atoms with van der Waals surface area (Å²) in [7, 11) is 0. The second kappa shape index (κ2) is 6.35. The number of benzene rings is 1. The third kappa shape index (κ3) is 3.30. The van der Waals surface area contributed by atoms with Crippen LogP contribution in [0, 0.1) is 5.21 Å². The largest absolute Gasteiger partial charge is 0.619 e. The van der Waals surface area contributed by atoms with Crippen molar-refractivity contribution in [2.75, 3.05) is 6.61 Å². The van der Waals surface area contributed by atoms with Crippen molar-refractivity contribution in [2.24, 2.45) is 0 Å². The molecule has 0 bridgehead atoms. The standard InChI is InChI=1S/C17H18ClNO2/c18-16-7-8-17(15-6-2-1-5-14(15)16)21-11-9-13-4-3-10-19(20)12-13/h3-4,7-8,10,12H,1-2,5-6,9,11H2. The van der Waals surface area contributed by atoms with Crippen molar-refractivity contribution in [3.63, 3.8) is 0 Å². The lowest BCUT2D eigenvalue weighted by atomic mass is 9.91. The van der Waals surface area contributed by atoms with Gasteiger partial charge in [-0.1, -0.05) is 11.6 Å². The fourth-order valence-corrected chi connectivity index (χ4v) is 3.13. The molecule has 0 N–H and O–H groups in total. The van der Waals surface area contributed by atoms with Gasteiger partial charge in [0, 0.05) is 23.1 Å². The van der Waals surface area contributed by atoms with Crippen molar-refractivity contribution >= 4 is 11.6 Å². The summed E-state index contributed by atoms with van der Waals surface area (Å²) < 4.78 is 6.75. The zero-order valence-electron chi connectivity index (χ0n) is 11.8. The molecule has 0 spiro atoms. The molecule has 1 aliphatic carbocycles. The maximum atomic E-state index is 11.2. The quantitative estimate of drug-likeness (QED) is 0.640. The fraction of sp³-hybridized carbons (Fsp3) is 0.353. The predicted octanol–water partition coefficient (Wildman–Crippen LogP) is 3.47. The van der Waals surface area contributed by atoms with Crippen LogP contribution in [0.4, 0.5) is 0 Å². The molecule has 3 rings (SSSR count). The van der Waals surface area contributed by atoms with Crippen LogP contribution in [-0.2, 0) is 19.3 Å². The third-order valence-corrected chi connectivity index (χ3v) is 4.27. The molecule has 2 aromatic rings. The Morgan fingerprint density at radius 3 is 2.76 bits per heavy atom. The Morgan fingerprint density at radius 1 is 1.14 bits per heavy atom. The summed E-state index contributed by atoms with van der Waals surface area (Å²) in [4.78, 5) is 0. The molecule has 1 aromatic heterocycles. The highest BCUT2D eigenvalue weighted by Gasteiger charge is 2.17. The number of hydrogen-bond donors (Lipinski definition) is 0. The summed E-state index contributed by atoms with van der Waals surface area (Å²) in [5, 5.41) is 12.1. The molecule has 0 saturated heterocycles. The van der Waals surface area contributed by atoms with Crippen LogP contribution in [-0.4, -0.2) is 6.61 Å². The second-order valence-corrected chi connectivity index (χ2v) is 5.79. The molecule has 0 fully saturated rings. The van der Waals surface area contributed by atoms with Crippen molar-refractivity contribution in [3.8, 4) is 5.75 Å². The Bertz CT molecular complexity index is 643. The number of nitrogens with zero attached hydrogens (tertiary/aromatic N) is 1. The van der Waals surface area contributed by atoms with Crippen LogP contribution in [0.3, 0.4) is 0 Å². The zero-order valence-corrected chi connectivity index (χ0v) is 12.6. The fourth-order valence-electron chi connectivity index (χ4n) is 2.85. The highest BCUT2D eigenvalue weighted by molar-refractivity contribution is 6.31. The number of pyridine rings is 1. The van der Waals surface area contributed by atoms with Gasteiger partial charge in [-0.2, -0.15) is 4.73 Å². The monoisotopic (exact) mass is 303 g/mol. The Hall–Kier alpha value is -1.74. The highest BCUT2D eigenvalue weighted by atomic mass is 35.5. The lowest BCUT2D eigenvalue weighted by molar-refractivity contribution is -0.605. The van der Waals surface area contributed by atoms with Crippen molar-refractivity contribution in [3.05, 3.63) is 63.6 Å². The summed E-state index contributed by atoms with van der Waals surface area (Å²) in [6.45, 7) is 0.568. The van der Waals surface area contributed by atoms with E-state index in [0.717, 1.165) is 40.3 Å². The first-order valence-corrected chi connectivity index (χ1v) is 7.72. The smallest absolute Gasteiger partial charge is 0.183 e. The summed E-state index contributed by atoms with van der Waals surface area (Å²) in [5.74, 6) is 0.944. The molecule has 4 heteroatoms. The molecule has 1 aromatic carbocycles. The van der Waals surface area contributed by atoms with Gasteiger partial charge < -0.3 is 9.94 Å². The van der Waals surface area contributed by atoms with Gasteiger partial charge in [0.25, 0.3) is 0 Å². The number of rotatable bonds is 4. The molecular weight excluding hydrogens is 286 g/mol. The first kappa shape index (κ1) is 14.2. The topological polar surface area (TPSA) is 36.2 Å². The lowest BCUT2D eigenvalue weighted by Gasteiger charge is -2.20. The molecule has 1 aliphatic rings. The molecule has 0 saturated carbocycles. The van der Waals surface area contributed by atoms with Crippen LogP contribution in [0.2, 0.25) is 5.02 Å². The summed E-state index contributed by atoms with van der Waals surface area (Å²) in [5.41, 5.74) is 3.49. The molecule has 0 atom stereocenters. The first-order valence-electron chi connectivity index (χ1n) is 7.35. The molecule has 1 heterocycles. The van der Waals surface area contributed by atoms with Gasteiger partial charge >= 0.3 is 0 Å². The highest BCUT2D eigenvalue weighted by Crippen LogP contribution is 2.34. The zero-order chi connectivity index (χ0) is 14.7. The average Bonchev–Trinajstić information content (AvgIpc) is 2.50. The molecule has 110 valence electrons. The van der Waals surface area contributed by atoms with E-state index in [1.165, 1.54) is 30.2 Å². The van der Waals surface area contributed by atoms with Crippen molar-refractivity contribution in [1.82, 2.24) is 0 Å². The SMILES string of the molecule is [O-][n+]1cccc(CCOc2ccc(Cl)c3c2CCCC3)c1. The maximum absolute atomic E-state index is 11.2. The summed E-state index contributed by atoms with van der Waals surface area (Å²) in [6.07, 6.45) is 8.26. The van der Waals surface area contributed by atoms with Crippen LogP contribution >= 0.6 is 11.6 Å². The van der Waals surface area contributed by atoms with Crippen LogP contribution in [0.1, 0.15) is 29.5 Å². The van der Waals surface area contributed by atoms with E-state index in [2.05, 4.69) is 0 Å². The van der Waals surface area contributed by atoms with E-state index in [1.807, 2.05) is 18.2 Å². The predicted molar refractivity (Wildman–Crippen MR) is 82.7 cm³/mol.